The van der Waals surface area contributed by atoms with E-state index in [1.807, 2.05) is 6.07 Å². The SMILES string of the molecule is C[C@@]1(c2ccc(C#N)cc2)NC(=O)N(CC(F)(F)F)C1=O. The van der Waals surface area contributed by atoms with Gasteiger partial charge in [-0.05, 0) is 24.6 Å². The zero-order valence-corrected chi connectivity index (χ0v) is 10.9. The summed E-state index contributed by atoms with van der Waals surface area (Å²) in [5.74, 6) is -0.977. The topological polar surface area (TPSA) is 73.2 Å². The number of carbonyl (C=O) groups excluding carboxylic acids is 2. The van der Waals surface area contributed by atoms with E-state index in [9.17, 15) is 22.8 Å². The lowest BCUT2D eigenvalue weighted by Gasteiger charge is -2.22. The van der Waals surface area contributed by atoms with Gasteiger partial charge in [-0.1, -0.05) is 12.1 Å². The highest BCUT2D eigenvalue weighted by Crippen LogP contribution is 2.31. The Labute approximate surface area is 118 Å². The van der Waals surface area contributed by atoms with Gasteiger partial charge in [0.2, 0.25) is 0 Å². The molecule has 21 heavy (non-hydrogen) atoms. The van der Waals surface area contributed by atoms with E-state index in [0.717, 1.165) is 0 Å². The van der Waals surface area contributed by atoms with E-state index in [1.54, 1.807) is 0 Å². The van der Waals surface area contributed by atoms with Crippen LogP contribution < -0.4 is 5.32 Å². The Balaban J connectivity index is 2.33. The van der Waals surface area contributed by atoms with Crippen molar-refractivity contribution in [2.24, 2.45) is 0 Å². The molecule has 0 bridgehead atoms. The second kappa shape index (κ2) is 4.77. The van der Waals surface area contributed by atoms with Crippen LogP contribution in [0.15, 0.2) is 24.3 Å². The lowest BCUT2D eigenvalue weighted by atomic mass is 9.91. The second-order valence-corrected chi connectivity index (χ2v) is 4.75. The van der Waals surface area contributed by atoms with Crippen LogP contribution in [0.1, 0.15) is 18.1 Å². The van der Waals surface area contributed by atoms with Gasteiger partial charge in [0, 0.05) is 0 Å². The van der Waals surface area contributed by atoms with Gasteiger partial charge in [-0.3, -0.25) is 9.69 Å². The Morgan fingerprint density at radius 3 is 2.33 bits per heavy atom. The summed E-state index contributed by atoms with van der Waals surface area (Å²) >= 11 is 0. The number of rotatable bonds is 2. The van der Waals surface area contributed by atoms with E-state index in [-0.39, 0.29) is 4.90 Å². The van der Waals surface area contributed by atoms with Crippen molar-refractivity contribution >= 4 is 11.9 Å². The van der Waals surface area contributed by atoms with Crippen LogP contribution in [-0.2, 0) is 10.3 Å². The van der Waals surface area contributed by atoms with Gasteiger partial charge in [0.25, 0.3) is 5.91 Å². The minimum absolute atomic E-state index is 0.137. The average Bonchev–Trinajstić information content (AvgIpc) is 2.62. The first-order chi connectivity index (χ1) is 9.67. The number of nitrogens with zero attached hydrogens (tertiary/aromatic N) is 2. The number of alkyl halides is 3. The van der Waals surface area contributed by atoms with Gasteiger partial charge in [-0.15, -0.1) is 0 Å². The van der Waals surface area contributed by atoms with Crippen LogP contribution in [0, 0.1) is 11.3 Å². The molecule has 1 atom stereocenters. The lowest BCUT2D eigenvalue weighted by molar-refractivity contribution is -0.154. The maximum Gasteiger partial charge on any atom is 0.406 e. The van der Waals surface area contributed by atoms with Crippen molar-refractivity contribution in [3.63, 3.8) is 0 Å². The van der Waals surface area contributed by atoms with Crippen LogP contribution in [0.25, 0.3) is 0 Å². The quantitative estimate of drug-likeness (QED) is 0.847. The molecule has 110 valence electrons. The molecule has 1 aromatic rings. The summed E-state index contributed by atoms with van der Waals surface area (Å²) in [5.41, 5.74) is -0.924. The van der Waals surface area contributed by atoms with Gasteiger partial charge in [-0.25, -0.2) is 4.79 Å². The highest BCUT2D eigenvalue weighted by molar-refractivity contribution is 6.07. The van der Waals surface area contributed by atoms with E-state index in [4.69, 9.17) is 5.26 Å². The molecule has 2 rings (SSSR count). The highest BCUT2D eigenvalue weighted by Gasteiger charge is 2.51. The highest BCUT2D eigenvalue weighted by atomic mass is 19.4. The Bertz CT molecular complexity index is 634. The Morgan fingerprint density at radius 2 is 1.86 bits per heavy atom. The third kappa shape index (κ3) is 2.67. The van der Waals surface area contributed by atoms with Gasteiger partial charge < -0.3 is 5.32 Å². The van der Waals surface area contributed by atoms with Gasteiger partial charge in [0.05, 0.1) is 11.6 Å². The maximum absolute atomic E-state index is 12.4. The standard InChI is InChI=1S/C13H10F3N3O2/c1-12(9-4-2-8(6-17)3-5-9)10(20)19(11(21)18-12)7-13(14,15)16/h2-5H,7H2,1H3,(H,18,21)/t12-/m0/s1. The minimum Gasteiger partial charge on any atom is -0.319 e. The summed E-state index contributed by atoms with van der Waals surface area (Å²) < 4.78 is 37.2. The molecule has 0 saturated carbocycles. The first kappa shape index (κ1) is 14.8. The number of amides is 3. The van der Waals surface area contributed by atoms with E-state index in [2.05, 4.69) is 5.32 Å². The van der Waals surface area contributed by atoms with Gasteiger partial charge in [0.15, 0.2) is 0 Å². The Morgan fingerprint density at radius 1 is 1.29 bits per heavy atom. The molecule has 8 heteroatoms. The summed E-state index contributed by atoms with van der Waals surface area (Å²) in [7, 11) is 0. The van der Waals surface area contributed by atoms with Crippen molar-refractivity contribution in [3.8, 4) is 6.07 Å². The summed E-state index contributed by atoms with van der Waals surface area (Å²) in [6, 6.07) is 6.49. The van der Waals surface area contributed by atoms with Crippen molar-refractivity contribution in [3.05, 3.63) is 35.4 Å². The summed E-state index contributed by atoms with van der Waals surface area (Å²) in [5, 5.41) is 11.0. The molecule has 1 aromatic carbocycles. The average molecular weight is 297 g/mol. The maximum atomic E-state index is 12.4. The largest absolute Gasteiger partial charge is 0.406 e. The Kier molecular flexibility index (Phi) is 3.37. The van der Waals surface area contributed by atoms with Crippen molar-refractivity contribution in [2.75, 3.05) is 6.54 Å². The number of urea groups is 1. The smallest absolute Gasteiger partial charge is 0.319 e. The van der Waals surface area contributed by atoms with Crippen LogP contribution >= 0.6 is 0 Å². The fraction of sp³-hybridized carbons (Fsp3) is 0.308. The molecule has 1 fully saturated rings. The van der Waals surface area contributed by atoms with Crippen molar-refractivity contribution < 1.29 is 22.8 Å². The number of nitrogens with one attached hydrogen (secondary N) is 1. The van der Waals surface area contributed by atoms with Crippen LogP contribution in [0.3, 0.4) is 0 Å². The molecule has 1 aliphatic rings. The normalized spacial score (nSPS) is 22.1. The number of hydrogen-bond donors (Lipinski definition) is 1. The van der Waals surface area contributed by atoms with Crippen LogP contribution in [0.5, 0.6) is 0 Å². The molecular weight excluding hydrogens is 287 g/mol. The predicted octanol–water partition coefficient (Wildman–Crippen LogP) is 1.89. The monoisotopic (exact) mass is 297 g/mol. The molecule has 1 aliphatic heterocycles. The van der Waals surface area contributed by atoms with E-state index >= 15 is 0 Å². The van der Waals surface area contributed by atoms with Crippen molar-refractivity contribution in [1.82, 2.24) is 10.2 Å². The second-order valence-electron chi connectivity index (χ2n) is 4.75. The summed E-state index contributed by atoms with van der Waals surface area (Å²) in [4.78, 5) is 23.9. The van der Waals surface area contributed by atoms with E-state index in [0.29, 0.717) is 11.1 Å². The van der Waals surface area contributed by atoms with E-state index in [1.165, 1.54) is 31.2 Å². The third-order valence-electron chi connectivity index (χ3n) is 3.20. The molecule has 1 saturated heterocycles. The van der Waals surface area contributed by atoms with Crippen LogP contribution in [-0.4, -0.2) is 29.6 Å². The zero-order chi connectivity index (χ0) is 15.8. The van der Waals surface area contributed by atoms with Crippen LogP contribution in [0.2, 0.25) is 0 Å². The molecule has 0 radical (unpaired) electrons. The molecule has 1 heterocycles. The Hall–Kier alpha value is -2.56. The van der Waals surface area contributed by atoms with Crippen molar-refractivity contribution in [2.45, 2.75) is 18.6 Å². The van der Waals surface area contributed by atoms with Gasteiger partial charge in [-0.2, -0.15) is 18.4 Å². The lowest BCUT2D eigenvalue weighted by Crippen LogP contribution is -2.42. The fourth-order valence-corrected chi connectivity index (χ4v) is 2.09. The number of carbonyl (C=O) groups is 2. The van der Waals surface area contributed by atoms with E-state index < -0.39 is 30.2 Å². The molecule has 0 aliphatic carbocycles. The van der Waals surface area contributed by atoms with Gasteiger partial charge in [0.1, 0.15) is 12.1 Å². The van der Waals surface area contributed by atoms with Crippen molar-refractivity contribution in [1.29, 1.82) is 5.26 Å². The molecule has 0 spiro atoms. The summed E-state index contributed by atoms with van der Waals surface area (Å²) in [6.07, 6.45) is -4.66. The number of imide groups is 1. The fourth-order valence-electron chi connectivity index (χ4n) is 2.09. The molecule has 5 nitrogen and oxygen atoms in total. The first-order valence-electron chi connectivity index (χ1n) is 5.89. The third-order valence-corrected chi connectivity index (χ3v) is 3.20. The first-order valence-corrected chi connectivity index (χ1v) is 5.89. The molecule has 3 amide bonds. The molecular formula is C13H10F3N3O2. The molecule has 0 unspecified atom stereocenters. The van der Waals surface area contributed by atoms with Gasteiger partial charge >= 0.3 is 12.2 Å². The molecule has 1 N–H and O–H groups in total. The van der Waals surface area contributed by atoms with Crippen LogP contribution in [0.4, 0.5) is 18.0 Å². The predicted molar refractivity (Wildman–Crippen MR) is 64.8 cm³/mol. The zero-order valence-electron chi connectivity index (χ0n) is 10.9. The molecule has 0 aromatic heterocycles. The number of nitriles is 1. The number of hydrogen-bond acceptors (Lipinski definition) is 3. The number of benzene rings is 1. The number of halogens is 3. The summed E-state index contributed by atoms with van der Waals surface area (Å²) in [6.45, 7) is -0.311. The minimum atomic E-state index is -4.66.